The van der Waals surface area contributed by atoms with Crippen LogP contribution < -0.4 is 0 Å². The molecule has 0 unspecified atom stereocenters. The quantitative estimate of drug-likeness (QED) is 0.847. The van der Waals surface area contributed by atoms with Crippen molar-refractivity contribution in [1.29, 1.82) is 0 Å². The molecule has 108 valence electrons. The molecule has 19 heavy (non-hydrogen) atoms. The van der Waals surface area contributed by atoms with Crippen LogP contribution in [0.25, 0.3) is 0 Å². The third-order valence-electron chi connectivity index (χ3n) is 3.11. The Balaban J connectivity index is 2.63. The number of rotatable bonds is 3. The van der Waals surface area contributed by atoms with Crippen LogP contribution in [0, 0.1) is 11.3 Å². The van der Waals surface area contributed by atoms with Crippen LogP contribution in [0.15, 0.2) is 0 Å². The van der Waals surface area contributed by atoms with Crippen molar-refractivity contribution in [3.63, 3.8) is 0 Å². The van der Waals surface area contributed by atoms with E-state index in [2.05, 4.69) is 0 Å². The van der Waals surface area contributed by atoms with E-state index in [1.807, 2.05) is 20.8 Å². The molecule has 1 aliphatic heterocycles. The van der Waals surface area contributed by atoms with Crippen molar-refractivity contribution in [2.75, 3.05) is 6.61 Å². The number of ether oxygens (including phenoxy) is 1. The van der Waals surface area contributed by atoms with Gasteiger partial charge in [-0.1, -0.05) is 27.7 Å². The summed E-state index contributed by atoms with van der Waals surface area (Å²) in [5.41, 5.74) is 0.00872. The number of aliphatic carboxylic acids is 1. The Morgan fingerprint density at radius 2 is 2.00 bits per heavy atom. The molecule has 2 atom stereocenters. The van der Waals surface area contributed by atoms with Gasteiger partial charge in [-0.15, -0.1) is 0 Å². The van der Waals surface area contributed by atoms with Gasteiger partial charge in [0.15, 0.2) is 0 Å². The van der Waals surface area contributed by atoms with Crippen LogP contribution in [0.3, 0.4) is 0 Å². The highest BCUT2D eigenvalue weighted by molar-refractivity contribution is 6.00. The van der Waals surface area contributed by atoms with Gasteiger partial charge in [0, 0.05) is 5.92 Å². The van der Waals surface area contributed by atoms with Gasteiger partial charge in [0.2, 0.25) is 5.91 Å². The van der Waals surface area contributed by atoms with E-state index in [0.717, 1.165) is 4.90 Å². The third kappa shape index (κ3) is 3.94. The van der Waals surface area contributed by atoms with Crippen molar-refractivity contribution in [2.24, 2.45) is 11.3 Å². The summed E-state index contributed by atoms with van der Waals surface area (Å²) in [5.74, 6) is -2.12. The molecule has 0 radical (unpaired) electrons. The van der Waals surface area contributed by atoms with Gasteiger partial charge in [-0.2, -0.15) is 0 Å². The second kappa shape index (κ2) is 5.59. The van der Waals surface area contributed by atoms with E-state index in [4.69, 9.17) is 9.84 Å². The average molecular weight is 271 g/mol. The number of hydrogen-bond acceptors (Lipinski definition) is 4. The molecule has 1 heterocycles. The van der Waals surface area contributed by atoms with Crippen LogP contribution >= 0.6 is 0 Å². The minimum Gasteiger partial charge on any atom is -0.480 e. The highest BCUT2D eigenvalue weighted by Gasteiger charge is 2.45. The van der Waals surface area contributed by atoms with Crippen molar-refractivity contribution < 1.29 is 24.2 Å². The van der Waals surface area contributed by atoms with E-state index in [1.165, 1.54) is 0 Å². The number of carbonyl (C=O) groups is 3. The molecule has 0 aromatic carbocycles. The van der Waals surface area contributed by atoms with E-state index in [1.54, 1.807) is 6.92 Å². The zero-order valence-corrected chi connectivity index (χ0v) is 11.8. The predicted molar refractivity (Wildman–Crippen MR) is 67.5 cm³/mol. The number of carboxylic acid groups (broad SMARTS) is 1. The molecule has 6 heteroatoms. The Bertz CT molecular complexity index is 385. The molecule has 1 saturated heterocycles. The lowest BCUT2D eigenvalue weighted by molar-refractivity contribution is -0.145. The minimum absolute atomic E-state index is 0.00872. The first-order valence-corrected chi connectivity index (χ1v) is 6.36. The van der Waals surface area contributed by atoms with Crippen LogP contribution in [0.5, 0.6) is 0 Å². The molecule has 6 nitrogen and oxygen atoms in total. The molecular weight excluding hydrogens is 250 g/mol. The second-order valence-electron chi connectivity index (χ2n) is 6.12. The van der Waals surface area contributed by atoms with E-state index < -0.39 is 29.9 Å². The molecule has 1 aliphatic rings. The average Bonchev–Trinajstić information content (AvgIpc) is 2.54. The maximum atomic E-state index is 11.8. The molecule has 0 aliphatic carbocycles. The molecule has 0 spiro atoms. The molecule has 1 rings (SSSR count). The van der Waals surface area contributed by atoms with Crippen LogP contribution in [0.1, 0.15) is 40.5 Å². The highest BCUT2D eigenvalue weighted by atomic mass is 16.6. The van der Waals surface area contributed by atoms with Crippen LogP contribution in [0.4, 0.5) is 4.79 Å². The van der Waals surface area contributed by atoms with Crippen molar-refractivity contribution in [3.05, 3.63) is 0 Å². The van der Waals surface area contributed by atoms with E-state index in [9.17, 15) is 14.4 Å². The fraction of sp³-hybridized carbons (Fsp3) is 0.769. The normalized spacial score (nSPS) is 23.6. The van der Waals surface area contributed by atoms with Crippen molar-refractivity contribution in [2.45, 2.75) is 46.6 Å². The van der Waals surface area contributed by atoms with E-state index in [-0.39, 0.29) is 18.4 Å². The van der Waals surface area contributed by atoms with Gasteiger partial charge in [0.1, 0.15) is 6.04 Å². The zero-order valence-electron chi connectivity index (χ0n) is 11.8. The van der Waals surface area contributed by atoms with Gasteiger partial charge in [0.05, 0.1) is 6.61 Å². The second-order valence-corrected chi connectivity index (χ2v) is 6.12. The first-order chi connectivity index (χ1) is 8.63. The fourth-order valence-corrected chi connectivity index (χ4v) is 1.87. The Labute approximate surface area is 112 Å². The molecular formula is C13H21NO5. The van der Waals surface area contributed by atoms with Gasteiger partial charge in [0.25, 0.3) is 0 Å². The summed E-state index contributed by atoms with van der Waals surface area (Å²) in [7, 11) is 0. The number of likely N-dealkylation sites (tertiary alicyclic amines) is 1. The summed E-state index contributed by atoms with van der Waals surface area (Å²) in [6.45, 7) is 7.80. The van der Waals surface area contributed by atoms with Crippen molar-refractivity contribution >= 4 is 18.0 Å². The summed E-state index contributed by atoms with van der Waals surface area (Å²) in [4.78, 5) is 35.4. The number of carboxylic acids is 1. The summed E-state index contributed by atoms with van der Waals surface area (Å²) < 4.78 is 5.00. The molecule has 2 amide bonds. The number of hydrogen-bond donors (Lipinski definition) is 1. The van der Waals surface area contributed by atoms with Gasteiger partial charge >= 0.3 is 12.1 Å². The lowest BCUT2D eigenvalue weighted by Crippen LogP contribution is -2.43. The summed E-state index contributed by atoms with van der Waals surface area (Å²) in [6, 6.07) is -1.11. The third-order valence-corrected chi connectivity index (χ3v) is 3.11. The topological polar surface area (TPSA) is 83.9 Å². The molecule has 1 N–H and O–H groups in total. The largest absolute Gasteiger partial charge is 0.480 e. The predicted octanol–water partition coefficient (Wildman–Crippen LogP) is 1.88. The lowest BCUT2D eigenvalue weighted by atomic mass is 9.93. The Morgan fingerprint density at radius 3 is 2.47 bits per heavy atom. The van der Waals surface area contributed by atoms with Gasteiger partial charge in [-0.3, -0.25) is 4.79 Å². The molecule has 0 aromatic rings. The first-order valence-electron chi connectivity index (χ1n) is 6.36. The van der Waals surface area contributed by atoms with Crippen LogP contribution in [-0.4, -0.2) is 40.6 Å². The molecule has 0 bridgehead atoms. The standard InChI is InChI=1S/C13H21NO5/c1-8-7-9(11(16)17)14(10(8)15)12(18)19-6-5-13(2,3)4/h8-9H,5-7H2,1-4H3,(H,16,17)/t8-,9-/m0/s1. The highest BCUT2D eigenvalue weighted by Crippen LogP contribution is 2.26. The van der Waals surface area contributed by atoms with Crippen LogP contribution in [0.2, 0.25) is 0 Å². The Hall–Kier alpha value is -1.59. The summed E-state index contributed by atoms with van der Waals surface area (Å²) >= 11 is 0. The fourth-order valence-electron chi connectivity index (χ4n) is 1.87. The lowest BCUT2D eigenvalue weighted by Gasteiger charge is -2.21. The maximum Gasteiger partial charge on any atom is 0.417 e. The van der Waals surface area contributed by atoms with Crippen molar-refractivity contribution in [3.8, 4) is 0 Å². The Morgan fingerprint density at radius 1 is 1.42 bits per heavy atom. The van der Waals surface area contributed by atoms with Gasteiger partial charge < -0.3 is 9.84 Å². The van der Waals surface area contributed by atoms with Gasteiger partial charge in [-0.05, 0) is 18.3 Å². The number of nitrogens with zero attached hydrogens (tertiary/aromatic N) is 1. The van der Waals surface area contributed by atoms with Gasteiger partial charge in [-0.25, -0.2) is 14.5 Å². The monoisotopic (exact) mass is 271 g/mol. The smallest absolute Gasteiger partial charge is 0.417 e. The number of amides is 2. The zero-order chi connectivity index (χ0) is 14.8. The molecule has 0 saturated carbocycles. The summed E-state index contributed by atoms with van der Waals surface area (Å²) in [5, 5.41) is 9.02. The Kier molecular flexibility index (Phi) is 4.55. The minimum atomic E-state index is -1.18. The SMILES string of the molecule is C[C@H]1C[C@@H](C(=O)O)N(C(=O)OCCC(C)(C)C)C1=O. The van der Waals surface area contributed by atoms with E-state index >= 15 is 0 Å². The maximum absolute atomic E-state index is 11.8. The number of imide groups is 1. The number of carbonyl (C=O) groups excluding carboxylic acids is 2. The summed E-state index contributed by atoms with van der Waals surface area (Å²) in [6.07, 6.45) is -0.0673. The van der Waals surface area contributed by atoms with Crippen molar-refractivity contribution in [1.82, 2.24) is 4.90 Å². The van der Waals surface area contributed by atoms with E-state index in [0.29, 0.717) is 6.42 Å². The molecule has 0 aromatic heterocycles. The van der Waals surface area contributed by atoms with Crippen LogP contribution in [-0.2, 0) is 14.3 Å². The first kappa shape index (κ1) is 15.5. The molecule has 1 fully saturated rings.